The molecule has 0 amide bonds. The highest BCUT2D eigenvalue weighted by atomic mass is 127. The van der Waals surface area contributed by atoms with Gasteiger partial charge in [-0.1, -0.05) is 48.0 Å². The predicted molar refractivity (Wildman–Crippen MR) is 116 cm³/mol. The summed E-state index contributed by atoms with van der Waals surface area (Å²) in [6.07, 6.45) is 2.05. The van der Waals surface area contributed by atoms with Gasteiger partial charge >= 0.3 is 0 Å². The molecule has 2 N–H and O–H groups in total. The summed E-state index contributed by atoms with van der Waals surface area (Å²) in [5, 5.41) is 6.67. The molecule has 0 radical (unpaired) electrons. The fourth-order valence-electron chi connectivity index (χ4n) is 2.37. The van der Waals surface area contributed by atoms with Crippen LogP contribution in [0.1, 0.15) is 24.0 Å². The smallest absolute Gasteiger partial charge is 0.191 e. The van der Waals surface area contributed by atoms with Crippen molar-refractivity contribution in [2.45, 2.75) is 26.3 Å². The maximum Gasteiger partial charge on any atom is 0.191 e. The lowest BCUT2D eigenvalue weighted by molar-refractivity contribution is 0.307. The Morgan fingerprint density at radius 1 is 1.00 bits per heavy atom. The highest BCUT2D eigenvalue weighted by Crippen LogP contribution is 2.08. The van der Waals surface area contributed by atoms with Crippen molar-refractivity contribution in [2.24, 2.45) is 4.99 Å². The van der Waals surface area contributed by atoms with Crippen molar-refractivity contribution in [3.05, 3.63) is 65.7 Å². The highest BCUT2D eigenvalue weighted by molar-refractivity contribution is 14.0. The molecule has 0 unspecified atom stereocenters. The van der Waals surface area contributed by atoms with Crippen molar-refractivity contribution in [1.29, 1.82) is 0 Å². The van der Waals surface area contributed by atoms with Crippen LogP contribution in [0.2, 0.25) is 0 Å². The largest absolute Gasteiger partial charge is 0.494 e. The zero-order valence-corrected chi connectivity index (χ0v) is 17.3. The van der Waals surface area contributed by atoms with Gasteiger partial charge in [0, 0.05) is 20.1 Å². The van der Waals surface area contributed by atoms with Crippen LogP contribution < -0.4 is 15.4 Å². The average Bonchev–Trinajstić information content (AvgIpc) is 2.61. The Balaban J connectivity index is 0.00000312. The van der Waals surface area contributed by atoms with Crippen LogP contribution in [-0.2, 0) is 6.54 Å². The van der Waals surface area contributed by atoms with Crippen LogP contribution >= 0.6 is 24.0 Å². The maximum atomic E-state index is 5.68. The first-order valence-electron chi connectivity index (χ1n) is 8.46. The number of para-hydroxylation sites is 1. The van der Waals surface area contributed by atoms with Gasteiger partial charge in [0.1, 0.15) is 5.75 Å². The van der Waals surface area contributed by atoms with Gasteiger partial charge in [0.15, 0.2) is 5.96 Å². The molecule has 0 aromatic heterocycles. The van der Waals surface area contributed by atoms with Gasteiger partial charge in [0.05, 0.1) is 6.61 Å². The molecular formula is C20H28IN3O. The van der Waals surface area contributed by atoms with Gasteiger partial charge in [0.2, 0.25) is 0 Å². The minimum atomic E-state index is 0. The quantitative estimate of drug-likeness (QED) is 0.274. The summed E-state index contributed by atoms with van der Waals surface area (Å²) < 4.78 is 5.68. The van der Waals surface area contributed by atoms with Crippen molar-refractivity contribution in [1.82, 2.24) is 10.6 Å². The third-order valence-electron chi connectivity index (χ3n) is 3.64. The van der Waals surface area contributed by atoms with E-state index in [-0.39, 0.29) is 24.0 Å². The van der Waals surface area contributed by atoms with Gasteiger partial charge in [0.25, 0.3) is 0 Å². The second-order valence-electron chi connectivity index (χ2n) is 5.71. The van der Waals surface area contributed by atoms with Crippen molar-refractivity contribution in [3.63, 3.8) is 0 Å². The van der Waals surface area contributed by atoms with E-state index >= 15 is 0 Å². The van der Waals surface area contributed by atoms with E-state index in [9.17, 15) is 0 Å². The molecular weight excluding hydrogens is 425 g/mol. The van der Waals surface area contributed by atoms with Crippen molar-refractivity contribution in [3.8, 4) is 5.75 Å². The Bertz CT molecular complexity index is 632. The Morgan fingerprint density at radius 3 is 2.52 bits per heavy atom. The van der Waals surface area contributed by atoms with Crippen molar-refractivity contribution in [2.75, 3.05) is 20.2 Å². The van der Waals surface area contributed by atoms with Crippen LogP contribution in [0.15, 0.2) is 59.6 Å². The number of ether oxygens (including phenoxy) is 1. The molecule has 0 saturated carbocycles. The lowest BCUT2D eigenvalue weighted by Gasteiger charge is -2.12. The average molecular weight is 453 g/mol. The summed E-state index contributed by atoms with van der Waals surface area (Å²) in [4.78, 5) is 4.25. The number of guanidine groups is 1. The monoisotopic (exact) mass is 453 g/mol. The number of hydrogen-bond acceptors (Lipinski definition) is 2. The number of aliphatic imine (C=N–C) groups is 1. The Hall–Kier alpha value is -1.76. The zero-order valence-electron chi connectivity index (χ0n) is 15.0. The molecule has 25 heavy (non-hydrogen) atoms. The van der Waals surface area contributed by atoms with E-state index in [1.165, 1.54) is 11.1 Å². The minimum Gasteiger partial charge on any atom is -0.494 e. The molecule has 0 aliphatic rings. The third-order valence-corrected chi connectivity index (χ3v) is 3.64. The first-order valence-corrected chi connectivity index (χ1v) is 8.46. The molecule has 0 spiro atoms. The number of halogens is 1. The van der Waals surface area contributed by atoms with E-state index in [0.717, 1.165) is 44.2 Å². The topological polar surface area (TPSA) is 45.7 Å². The van der Waals surface area contributed by atoms with Gasteiger partial charge in [-0.3, -0.25) is 4.99 Å². The fourth-order valence-corrected chi connectivity index (χ4v) is 2.37. The third kappa shape index (κ3) is 8.77. The molecule has 2 aromatic rings. The molecule has 4 nitrogen and oxygen atoms in total. The number of nitrogens with one attached hydrogen (secondary N) is 2. The van der Waals surface area contributed by atoms with Crippen LogP contribution in [0.5, 0.6) is 5.75 Å². The van der Waals surface area contributed by atoms with Crippen molar-refractivity contribution >= 4 is 29.9 Å². The highest BCUT2D eigenvalue weighted by Gasteiger charge is 1.99. The number of nitrogens with zero attached hydrogens (tertiary/aromatic N) is 1. The number of unbranched alkanes of at least 4 members (excludes halogenated alkanes) is 1. The van der Waals surface area contributed by atoms with Crippen molar-refractivity contribution < 1.29 is 4.74 Å². The fraction of sp³-hybridized carbons (Fsp3) is 0.350. The van der Waals surface area contributed by atoms with Gasteiger partial charge in [-0.05, 0) is 37.5 Å². The zero-order chi connectivity index (χ0) is 17.0. The van der Waals surface area contributed by atoms with Gasteiger partial charge in [-0.2, -0.15) is 0 Å². The summed E-state index contributed by atoms with van der Waals surface area (Å²) in [6, 6.07) is 18.4. The molecule has 0 saturated heterocycles. The summed E-state index contributed by atoms with van der Waals surface area (Å²) >= 11 is 0. The normalized spacial score (nSPS) is 10.7. The maximum absolute atomic E-state index is 5.68. The molecule has 0 atom stereocenters. The molecule has 2 rings (SSSR count). The Morgan fingerprint density at radius 2 is 1.80 bits per heavy atom. The van der Waals surface area contributed by atoms with E-state index in [1.54, 1.807) is 7.05 Å². The standard InChI is InChI=1S/C20H27N3O.HI/c1-17-9-8-10-18(15-17)16-23-20(21-2)22-13-6-7-14-24-19-11-4-3-5-12-19;/h3-5,8-12,15H,6-7,13-14,16H2,1-2H3,(H2,21,22,23);1H. The Labute approximate surface area is 168 Å². The Kier molecular flexibility index (Phi) is 10.7. The number of hydrogen-bond donors (Lipinski definition) is 2. The summed E-state index contributed by atoms with van der Waals surface area (Å²) in [7, 11) is 1.80. The summed E-state index contributed by atoms with van der Waals surface area (Å²) in [5.74, 6) is 1.77. The van der Waals surface area contributed by atoms with E-state index in [1.807, 2.05) is 30.3 Å². The molecule has 0 aliphatic carbocycles. The van der Waals surface area contributed by atoms with Crippen LogP contribution in [0, 0.1) is 6.92 Å². The van der Waals surface area contributed by atoms with E-state index in [0.29, 0.717) is 0 Å². The first-order chi connectivity index (χ1) is 11.8. The SMILES string of the molecule is CN=C(NCCCCOc1ccccc1)NCc1cccc(C)c1.I. The van der Waals surface area contributed by atoms with E-state index < -0.39 is 0 Å². The summed E-state index contributed by atoms with van der Waals surface area (Å²) in [5.41, 5.74) is 2.53. The first kappa shape index (κ1) is 21.3. The van der Waals surface area contributed by atoms with E-state index in [4.69, 9.17) is 4.74 Å². The predicted octanol–water partition coefficient (Wildman–Crippen LogP) is 4.14. The second-order valence-corrected chi connectivity index (χ2v) is 5.71. The van der Waals surface area contributed by atoms with E-state index in [2.05, 4.69) is 46.8 Å². The molecule has 0 aliphatic heterocycles. The van der Waals surface area contributed by atoms with Gasteiger partial charge < -0.3 is 15.4 Å². The molecule has 0 fully saturated rings. The molecule has 0 bridgehead atoms. The van der Waals surface area contributed by atoms with Crippen LogP contribution in [-0.4, -0.2) is 26.2 Å². The number of aryl methyl sites for hydroxylation is 1. The van der Waals surface area contributed by atoms with Crippen LogP contribution in [0.3, 0.4) is 0 Å². The minimum absolute atomic E-state index is 0. The second kappa shape index (κ2) is 12.6. The lowest BCUT2D eigenvalue weighted by atomic mass is 10.1. The van der Waals surface area contributed by atoms with Crippen LogP contribution in [0.4, 0.5) is 0 Å². The molecule has 136 valence electrons. The summed E-state index contributed by atoms with van der Waals surface area (Å²) in [6.45, 7) is 4.50. The molecule has 2 aromatic carbocycles. The van der Waals surface area contributed by atoms with Gasteiger partial charge in [-0.15, -0.1) is 24.0 Å². The number of benzene rings is 2. The lowest BCUT2D eigenvalue weighted by Crippen LogP contribution is -2.37. The number of rotatable bonds is 8. The van der Waals surface area contributed by atoms with Crippen LogP contribution in [0.25, 0.3) is 0 Å². The molecule has 0 heterocycles. The van der Waals surface area contributed by atoms with Gasteiger partial charge in [-0.25, -0.2) is 0 Å². The molecule has 5 heteroatoms.